The Morgan fingerprint density at radius 2 is 1.10 bits per heavy atom. The first-order valence-electron chi connectivity index (χ1n) is 21.3. The summed E-state index contributed by atoms with van der Waals surface area (Å²) in [5.74, 6) is 0. The summed E-state index contributed by atoms with van der Waals surface area (Å²) in [6, 6.07) is 62.7. The van der Waals surface area contributed by atoms with E-state index in [2.05, 4.69) is 221 Å². The lowest BCUT2D eigenvalue weighted by atomic mass is 9.98. The number of hydrogen-bond acceptors (Lipinski definition) is 2. The molecule has 294 valence electrons. The minimum Gasteiger partial charge on any atom is -0.455 e. The predicted octanol–water partition coefficient (Wildman–Crippen LogP) is 15.8. The van der Waals surface area contributed by atoms with Crippen molar-refractivity contribution in [3.63, 3.8) is 0 Å². The lowest BCUT2D eigenvalue weighted by molar-refractivity contribution is 0.643. The van der Waals surface area contributed by atoms with Gasteiger partial charge >= 0.3 is 0 Å². The molecular weight excluding hydrogens is 755 g/mol. The molecule has 0 radical (unpaired) electrons. The highest BCUT2D eigenvalue weighted by Crippen LogP contribution is 2.44. The minimum atomic E-state index is 0.128. The van der Waals surface area contributed by atoms with E-state index >= 15 is 0 Å². The molecule has 0 aliphatic heterocycles. The fourth-order valence-corrected chi connectivity index (χ4v) is 10.0. The van der Waals surface area contributed by atoms with Gasteiger partial charge in [-0.15, -0.1) is 0 Å². The summed E-state index contributed by atoms with van der Waals surface area (Å²) in [5.41, 5.74) is 12.4. The molecular formula is C58H41N3O. The van der Waals surface area contributed by atoms with E-state index in [1.807, 2.05) is 6.08 Å². The Bertz CT molecular complexity index is 3630. The summed E-state index contributed by atoms with van der Waals surface area (Å²) in [5, 5.41) is 9.41. The predicted molar refractivity (Wildman–Crippen MR) is 263 cm³/mol. The fraction of sp³-hybridized carbons (Fsp3) is 0.0345. The van der Waals surface area contributed by atoms with Crippen molar-refractivity contribution in [3.05, 3.63) is 231 Å². The van der Waals surface area contributed by atoms with Gasteiger partial charge in [0.05, 0.1) is 22.8 Å². The van der Waals surface area contributed by atoms with Crippen LogP contribution in [0.4, 0.5) is 5.69 Å². The van der Waals surface area contributed by atoms with Crippen molar-refractivity contribution in [3.8, 4) is 11.1 Å². The van der Waals surface area contributed by atoms with Crippen molar-refractivity contribution in [2.24, 2.45) is 0 Å². The van der Waals surface area contributed by atoms with Gasteiger partial charge in [-0.05, 0) is 66.4 Å². The highest BCUT2D eigenvalue weighted by atomic mass is 16.3. The summed E-state index contributed by atoms with van der Waals surface area (Å²) < 4.78 is 11.7. The van der Waals surface area contributed by atoms with E-state index in [1.54, 1.807) is 0 Å². The van der Waals surface area contributed by atoms with Gasteiger partial charge in [-0.25, -0.2) is 0 Å². The van der Waals surface area contributed by atoms with Crippen molar-refractivity contribution in [2.45, 2.75) is 12.5 Å². The van der Waals surface area contributed by atoms with Crippen LogP contribution in [-0.2, 0) is 0 Å². The van der Waals surface area contributed by atoms with Gasteiger partial charge in [-0.3, -0.25) is 0 Å². The maximum Gasteiger partial charge on any atom is 0.143 e. The number of nitrogens with zero attached hydrogens (tertiary/aromatic N) is 3. The van der Waals surface area contributed by atoms with E-state index in [-0.39, 0.29) is 6.04 Å². The third-order valence-electron chi connectivity index (χ3n) is 12.7. The molecule has 1 unspecified atom stereocenters. The molecule has 1 atom stereocenters. The van der Waals surface area contributed by atoms with Crippen molar-refractivity contribution in [2.75, 3.05) is 4.90 Å². The number of aromatic nitrogens is 2. The van der Waals surface area contributed by atoms with E-state index in [9.17, 15) is 0 Å². The Labute approximate surface area is 359 Å². The van der Waals surface area contributed by atoms with E-state index in [1.165, 1.54) is 32.6 Å². The highest BCUT2D eigenvalue weighted by molar-refractivity contribution is 6.18. The van der Waals surface area contributed by atoms with Gasteiger partial charge in [0.2, 0.25) is 0 Å². The van der Waals surface area contributed by atoms with Crippen LogP contribution in [0.5, 0.6) is 0 Å². The molecule has 62 heavy (non-hydrogen) atoms. The zero-order valence-electron chi connectivity index (χ0n) is 34.1. The number of rotatable bonds is 8. The van der Waals surface area contributed by atoms with Gasteiger partial charge in [0.1, 0.15) is 11.2 Å². The van der Waals surface area contributed by atoms with Gasteiger partial charge in [-0.1, -0.05) is 165 Å². The van der Waals surface area contributed by atoms with Crippen LogP contribution in [0.2, 0.25) is 0 Å². The molecule has 3 heterocycles. The normalized spacial score (nSPS) is 14.5. The minimum absolute atomic E-state index is 0.128. The van der Waals surface area contributed by atoms with E-state index in [4.69, 9.17) is 11.0 Å². The molecule has 4 nitrogen and oxygen atoms in total. The van der Waals surface area contributed by atoms with Crippen molar-refractivity contribution in [1.82, 2.24) is 9.13 Å². The standard InChI is InChI=1S/C58H41N3O/c1-3-40(37-38(2)59-52-26-11-6-19-44(52)45-20-7-12-27-53(45)59)60(41-32-34-42(35-33-41)61-55-29-14-8-21-46(55)47-22-9-15-30-56(47)61)54-28-13-10-23-48(54)49-24-16-25-50-51-36-31-39-17-4-5-18-43(39)57(51)62-58(49)50/h3-34,36-37,42H,1-2,35H2/b40-37+. The molecule has 4 heteroatoms. The Morgan fingerprint density at radius 1 is 0.548 bits per heavy atom. The van der Waals surface area contributed by atoms with Gasteiger partial charge in [0.15, 0.2) is 0 Å². The Hall–Kier alpha value is -8.08. The van der Waals surface area contributed by atoms with Gasteiger partial charge in [0.25, 0.3) is 0 Å². The quantitative estimate of drug-likeness (QED) is 0.143. The Kier molecular flexibility index (Phi) is 8.26. The van der Waals surface area contributed by atoms with Crippen molar-refractivity contribution in [1.29, 1.82) is 0 Å². The number of hydrogen-bond donors (Lipinski definition) is 0. The first kappa shape index (κ1) is 35.8. The molecule has 1 aliphatic carbocycles. The monoisotopic (exact) mass is 795 g/mol. The van der Waals surface area contributed by atoms with Crippen LogP contribution >= 0.6 is 0 Å². The second-order valence-corrected chi connectivity index (χ2v) is 16.1. The number of para-hydroxylation sites is 6. The molecule has 0 saturated carbocycles. The average Bonchev–Trinajstić information content (AvgIpc) is 4.00. The van der Waals surface area contributed by atoms with E-state index < -0.39 is 0 Å². The molecule has 0 bridgehead atoms. The molecule has 1 aliphatic rings. The van der Waals surface area contributed by atoms with E-state index in [0.717, 1.165) is 84.1 Å². The van der Waals surface area contributed by atoms with Gasteiger partial charge < -0.3 is 18.5 Å². The average molecular weight is 796 g/mol. The molecule has 0 N–H and O–H groups in total. The molecule has 0 fully saturated rings. The third-order valence-corrected chi connectivity index (χ3v) is 12.7. The summed E-state index contributed by atoms with van der Waals surface area (Å²) in [4.78, 5) is 2.34. The van der Waals surface area contributed by atoms with Crippen LogP contribution < -0.4 is 4.90 Å². The largest absolute Gasteiger partial charge is 0.455 e. The zero-order chi connectivity index (χ0) is 41.3. The first-order valence-corrected chi connectivity index (χ1v) is 21.3. The van der Waals surface area contributed by atoms with Crippen LogP contribution in [0, 0.1) is 0 Å². The van der Waals surface area contributed by atoms with Crippen molar-refractivity contribution >= 4 is 87.7 Å². The lowest BCUT2D eigenvalue weighted by Crippen LogP contribution is -2.23. The smallest absolute Gasteiger partial charge is 0.143 e. The van der Waals surface area contributed by atoms with Gasteiger partial charge in [-0.2, -0.15) is 0 Å². The highest BCUT2D eigenvalue weighted by Gasteiger charge is 2.25. The topological polar surface area (TPSA) is 26.2 Å². The Balaban J connectivity index is 1.04. The van der Waals surface area contributed by atoms with Crippen LogP contribution in [0.25, 0.3) is 93.1 Å². The SMILES string of the molecule is C=C/C(=C\C(=C)n1c2ccccc2c2ccccc21)N(C1=CCC(n2c3ccccc3c3ccccc32)C=C1)c1ccccc1-c1cccc2c1oc1c3ccccc3ccc21. The molecule has 8 aromatic carbocycles. The van der Waals surface area contributed by atoms with E-state index in [0.29, 0.717) is 0 Å². The summed E-state index contributed by atoms with van der Waals surface area (Å²) >= 11 is 0. The molecule has 0 amide bonds. The van der Waals surface area contributed by atoms with Crippen LogP contribution in [0.3, 0.4) is 0 Å². The maximum absolute atomic E-state index is 6.94. The number of fused-ring (bicyclic) bond motifs is 11. The Morgan fingerprint density at radius 3 is 1.76 bits per heavy atom. The number of allylic oxidation sites excluding steroid dienone is 6. The molecule has 0 spiro atoms. The molecule has 0 saturated heterocycles. The molecule has 11 aromatic rings. The summed E-state index contributed by atoms with van der Waals surface area (Å²) in [7, 11) is 0. The second kappa shape index (κ2) is 14.3. The zero-order valence-corrected chi connectivity index (χ0v) is 34.1. The lowest BCUT2D eigenvalue weighted by Gasteiger charge is -2.32. The van der Waals surface area contributed by atoms with Gasteiger partial charge in [0, 0.05) is 77.0 Å². The third kappa shape index (κ3) is 5.47. The maximum atomic E-state index is 6.94. The molecule has 12 rings (SSSR count). The fourth-order valence-electron chi connectivity index (χ4n) is 10.0. The summed E-state index contributed by atoms with van der Waals surface area (Å²) in [6.07, 6.45) is 11.9. The van der Waals surface area contributed by atoms with Crippen LogP contribution in [0.1, 0.15) is 12.5 Å². The first-order chi connectivity index (χ1) is 30.7. The van der Waals surface area contributed by atoms with Crippen LogP contribution in [0.15, 0.2) is 235 Å². The summed E-state index contributed by atoms with van der Waals surface area (Å²) in [6.45, 7) is 9.20. The second-order valence-electron chi connectivity index (χ2n) is 16.1. The van der Waals surface area contributed by atoms with Crippen LogP contribution in [-0.4, -0.2) is 9.13 Å². The van der Waals surface area contributed by atoms with Crippen molar-refractivity contribution < 1.29 is 4.42 Å². The molecule has 3 aromatic heterocycles. The number of benzene rings is 8. The number of furan rings is 1. The number of anilines is 1.